The average Bonchev–Trinajstić information content (AvgIpc) is 2.95. The van der Waals surface area contributed by atoms with Crippen molar-refractivity contribution in [3.63, 3.8) is 0 Å². The van der Waals surface area contributed by atoms with Gasteiger partial charge in [0.1, 0.15) is 0 Å². The number of nitrogens with zero attached hydrogens (tertiary/aromatic N) is 3. The molecule has 0 amide bonds. The first kappa shape index (κ1) is 30.3. The monoisotopic (exact) mass is 695 g/mol. The molecule has 0 unspecified atom stereocenters. The van der Waals surface area contributed by atoms with Gasteiger partial charge in [0.2, 0.25) is 0 Å². The number of rotatable bonds is 8. The fraction of sp³-hybridized carbons (Fsp3) is 0.214. The van der Waals surface area contributed by atoms with Gasteiger partial charge in [-0.2, -0.15) is 22.9 Å². The van der Waals surface area contributed by atoms with E-state index in [1.807, 2.05) is 0 Å². The smallest absolute Gasteiger partial charge is 0.416 e. The Balaban J connectivity index is 1.84. The number of carbonyl (C=O) groups is 1. The maximum Gasteiger partial charge on any atom is 0.416 e. The molecule has 0 N–H and O–H groups in total. The second-order valence-corrected chi connectivity index (χ2v) is 10.1. The average molecular weight is 697 g/mol. The van der Waals surface area contributed by atoms with E-state index >= 15 is 0 Å². The molecule has 41 heavy (non-hydrogen) atoms. The summed E-state index contributed by atoms with van der Waals surface area (Å²) < 4.78 is 58.4. The Bertz CT molecular complexity index is 1710. The first-order valence-electron chi connectivity index (χ1n) is 12.1. The lowest BCUT2D eigenvalue weighted by atomic mass is 10.1. The second kappa shape index (κ2) is 12.4. The van der Waals surface area contributed by atoms with Crippen LogP contribution in [0.15, 0.2) is 73.4 Å². The van der Waals surface area contributed by atoms with E-state index in [1.54, 1.807) is 37.3 Å². The number of fused-ring (bicyclic) bond motifs is 1. The fourth-order valence-corrected chi connectivity index (χ4v) is 4.73. The third kappa shape index (κ3) is 6.46. The van der Waals surface area contributed by atoms with E-state index in [2.05, 4.69) is 41.9 Å². The van der Waals surface area contributed by atoms with Gasteiger partial charge in [0.25, 0.3) is 5.56 Å². The Labute approximate surface area is 249 Å². The molecule has 13 heteroatoms. The zero-order chi connectivity index (χ0) is 29.9. The summed E-state index contributed by atoms with van der Waals surface area (Å²) in [4.78, 5) is 30.0. The van der Waals surface area contributed by atoms with Crippen molar-refractivity contribution in [3.8, 4) is 22.9 Å². The summed E-state index contributed by atoms with van der Waals surface area (Å²) in [6.45, 7) is 3.40. The minimum Gasteiger partial charge on any atom is -0.493 e. The second-order valence-electron chi connectivity index (χ2n) is 8.53. The van der Waals surface area contributed by atoms with Gasteiger partial charge in [-0.25, -0.2) is 9.78 Å². The summed E-state index contributed by atoms with van der Waals surface area (Å²) in [5.74, 6) is -0.194. The fourth-order valence-electron chi connectivity index (χ4n) is 3.82. The van der Waals surface area contributed by atoms with Crippen LogP contribution < -0.4 is 15.0 Å². The lowest BCUT2D eigenvalue weighted by molar-refractivity contribution is -0.150. The summed E-state index contributed by atoms with van der Waals surface area (Å²) >= 11 is 6.90. The molecule has 0 fully saturated rings. The predicted molar refractivity (Wildman–Crippen MR) is 155 cm³/mol. The highest BCUT2D eigenvalue weighted by atomic mass is 79.9. The van der Waals surface area contributed by atoms with Crippen molar-refractivity contribution < 1.29 is 32.2 Å². The zero-order valence-corrected chi connectivity index (χ0v) is 25.0. The van der Waals surface area contributed by atoms with Crippen LogP contribution in [0.1, 0.15) is 25.0 Å². The van der Waals surface area contributed by atoms with Crippen molar-refractivity contribution in [3.05, 3.63) is 85.0 Å². The van der Waals surface area contributed by atoms with E-state index in [1.165, 1.54) is 32.4 Å². The van der Waals surface area contributed by atoms with Crippen LogP contribution in [0.25, 0.3) is 22.3 Å². The number of carbonyl (C=O) groups excluding carboxylic acids is 1. The molecule has 0 aliphatic heterocycles. The molecular weight excluding hydrogens is 675 g/mol. The highest BCUT2D eigenvalue weighted by molar-refractivity contribution is 9.13. The normalized spacial score (nSPS) is 12.5. The number of alkyl halides is 3. The lowest BCUT2D eigenvalue weighted by Crippen LogP contribution is -2.26. The molecule has 0 aliphatic carbocycles. The van der Waals surface area contributed by atoms with Crippen molar-refractivity contribution in [2.24, 2.45) is 5.10 Å². The Hall–Kier alpha value is -3.71. The van der Waals surface area contributed by atoms with Gasteiger partial charge in [-0.15, -0.1) is 0 Å². The third-order valence-electron chi connectivity index (χ3n) is 5.80. The number of benzene rings is 3. The molecule has 3 aromatic carbocycles. The van der Waals surface area contributed by atoms with Crippen LogP contribution in [-0.4, -0.2) is 41.7 Å². The van der Waals surface area contributed by atoms with Crippen molar-refractivity contribution in [2.45, 2.75) is 26.1 Å². The first-order chi connectivity index (χ1) is 19.5. The van der Waals surface area contributed by atoms with Gasteiger partial charge in [0.05, 0.1) is 40.9 Å². The maximum absolute atomic E-state index is 13.5. The molecule has 4 rings (SSSR count). The third-order valence-corrected chi connectivity index (χ3v) is 7.95. The topological polar surface area (TPSA) is 92.0 Å². The molecule has 0 saturated heterocycles. The van der Waals surface area contributed by atoms with E-state index in [4.69, 9.17) is 14.2 Å². The van der Waals surface area contributed by atoms with Gasteiger partial charge < -0.3 is 14.2 Å². The number of halogens is 5. The largest absolute Gasteiger partial charge is 0.493 e. The molecule has 1 aromatic heterocycles. The summed E-state index contributed by atoms with van der Waals surface area (Å²) in [6, 6.07) is 12.5. The van der Waals surface area contributed by atoms with E-state index in [0.717, 1.165) is 16.8 Å². The van der Waals surface area contributed by atoms with E-state index in [-0.39, 0.29) is 34.9 Å². The Morgan fingerprint density at radius 3 is 2.54 bits per heavy atom. The van der Waals surface area contributed by atoms with E-state index in [9.17, 15) is 22.8 Å². The SMILES string of the molecule is CCOC(=O)[C@@H](C)Oc1c(OC)cc(C=Nn2c(-c3cccc(C(F)(F)F)c3)nc3ccccc3c2=O)c(Br)c1Br. The predicted octanol–water partition coefficient (Wildman–Crippen LogP) is 6.83. The van der Waals surface area contributed by atoms with Crippen molar-refractivity contribution in [2.75, 3.05) is 13.7 Å². The minimum atomic E-state index is -4.59. The van der Waals surface area contributed by atoms with Gasteiger partial charge in [0, 0.05) is 15.6 Å². The molecule has 0 radical (unpaired) electrons. The maximum atomic E-state index is 13.5. The lowest BCUT2D eigenvalue weighted by Gasteiger charge is -2.18. The highest BCUT2D eigenvalue weighted by Crippen LogP contribution is 2.43. The molecule has 1 heterocycles. The number of esters is 1. The summed E-state index contributed by atoms with van der Waals surface area (Å²) in [6.07, 6.45) is -4.21. The van der Waals surface area contributed by atoms with Crippen LogP contribution >= 0.6 is 31.9 Å². The zero-order valence-electron chi connectivity index (χ0n) is 21.8. The summed E-state index contributed by atoms with van der Waals surface area (Å²) in [5.41, 5.74) is -0.699. The molecule has 0 bridgehead atoms. The molecule has 0 spiro atoms. The number of hydrogen-bond acceptors (Lipinski definition) is 7. The Morgan fingerprint density at radius 2 is 1.85 bits per heavy atom. The minimum absolute atomic E-state index is 0.0503. The van der Waals surface area contributed by atoms with Crippen LogP contribution in [-0.2, 0) is 15.7 Å². The van der Waals surface area contributed by atoms with Crippen molar-refractivity contribution in [1.29, 1.82) is 0 Å². The molecule has 214 valence electrons. The van der Waals surface area contributed by atoms with Crippen LogP contribution in [0, 0.1) is 0 Å². The highest BCUT2D eigenvalue weighted by Gasteiger charge is 2.31. The van der Waals surface area contributed by atoms with Gasteiger partial charge in [0.15, 0.2) is 23.4 Å². The van der Waals surface area contributed by atoms with E-state index < -0.39 is 29.4 Å². The Morgan fingerprint density at radius 1 is 1.12 bits per heavy atom. The number of methoxy groups -OCH3 is 1. The van der Waals surface area contributed by atoms with Crippen LogP contribution in [0.5, 0.6) is 11.5 Å². The number of hydrogen-bond donors (Lipinski definition) is 0. The summed E-state index contributed by atoms with van der Waals surface area (Å²) in [5, 5.41) is 4.56. The quantitative estimate of drug-likeness (QED) is 0.148. The number of aromatic nitrogens is 2. The summed E-state index contributed by atoms with van der Waals surface area (Å²) in [7, 11) is 1.40. The molecule has 0 aliphatic rings. The van der Waals surface area contributed by atoms with Gasteiger partial charge >= 0.3 is 12.1 Å². The van der Waals surface area contributed by atoms with Crippen LogP contribution in [0.4, 0.5) is 13.2 Å². The molecular formula is C28H22Br2F3N3O5. The van der Waals surface area contributed by atoms with Gasteiger partial charge in [-0.3, -0.25) is 4.79 Å². The molecule has 4 aromatic rings. The van der Waals surface area contributed by atoms with Gasteiger partial charge in [-0.05, 0) is 76.0 Å². The standard InChI is InChI=1S/C28H22Br2F3N3O5/c1-4-40-27(38)15(2)41-24-21(39-3)13-17(22(29)23(24)30)14-34-36-25(16-8-7-9-18(12-16)28(31,32)33)35-20-11-6-5-10-19(20)26(36)37/h5-15H,4H2,1-3H3/t15-/m1/s1. The Kier molecular flexibility index (Phi) is 9.17. The van der Waals surface area contributed by atoms with Crippen molar-refractivity contribution in [1.82, 2.24) is 9.66 Å². The van der Waals surface area contributed by atoms with Crippen LogP contribution in [0.2, 0.25) is 0 Å². The number of para-hydroxylation sites is 1. The van der Waals surface area contributed by atoms with Crippen LogP contribution in [0.3, 0.4) is 0 Å². The first-order valence-corrected chi connectivity index (χ1v) is 13.7. The van der Waals surface area contributed by atoms with E-state index in [0.29, 0.717) is 20.0 Å². The molecule has 0 saturated carbocycles. The van der Waals surface area contributed by atoms with Gasteiger partial charge in [-0.1, -0.05) is 24.3 Å². The number of ether oxygens (including phenoxy) is 3. The van der Waals surface area contributed by atoms with Crippen molar-refractivity contribution >= 4 is 54.9 Å². The molecule has 1 atom stereocenters. The molecule has 8 nitrogen and oxygen atoms in total.